The highest BCUT2D eigenvalue weighted by atomic mass is 32.2. The van der Waals surface area contributed by atoms with Crippen molar-refractivity contribution in [3.05, 3.63) is 10.5 Å². The van der Waals surface area contributed by atoms with Crippen LogP contribution < -0.4 is 5.69 Å². The molecule has 5 nitrogen and oxygen atoms in total. The summed E-state index contributed by atoms with van der Waals surface area (Å²) >= 11 is 1.59. The van der Waals surface area contributed by atoms with Gasteiger partial charge >= 0.3 is 5.69 Å². The highest BCUT2D eigenvalue weighted by molar-refractivity contribution is 7.99. The second-order valence-electron chi connectivity index (χ2n) is 5.11. The van der Waals surface area contributed by atoms with E-state index in [4.69, 9.17) is 0 Å². The maximum Gasteiger partial charge on any atom is 0.344 e. The molecular formula is C12H17N3O2S. The molecule has 1 aromatic rings. The Morgan fingerprint density at radius 3 is 2.83 bits per heavy atom. The number of nitrogens with zero attached hydrogens (tertiary/aromatic N) is 2. The van der Waals surface area contributed by atoms with E-state index in [1.54, 1.807) is 16.3 Å². The van der Waals surface area contributed by atoms with E-state index in [1.165, 1.54) is 0 Å². The fourth-order valence-corrected chi connectivity index (χ4v) is 3.60. The fraction of sp³-hybridized carbons (Fsp3) is 0.750. The number of aromatic amines is 1. The van der Waals surface area contributed by atoms with Crippen molar-refractivity contribution in [2.24, 2.45) is 5.92 Å². The van der Waals surface area contributed by atoms with Crippen LogP contribution in [0.1, 0.15) is 44.6 Å². The highest BCUT2D eigenvalue weighted by Gasteiger charge is 2.29. The lowest BCUT2D eigenvalue weighted by Crippen LogP contribution is -2.16. The zero-order chi connectivity index (χ0) is 12.5. The molecule has 0 aliphatic heterocycles. The van der Waals surface area contributed by atoms with Crippen LogP contribution in [0.15, 0.2) is 9.95 Å². The van der Waals surface area contributed by atoms with Gasteiger partial charge in [0.05, 0.1) is 0 Å². The summed E-state index contributed by atoms with van der Waals surface area (Å²) in [5.74, 6) is 1.53. The van der Waals surface area contributed by atoms with Gasteiger partial charge in [-0.05, 0) is 32.1 Å². The van der Waals surface area contributed by atoms with Gasteiger partial charge in [0, 0.05) is 24.1 Å². The van der Waals surface area contributed by atoms with Gasteiger partial charge in [-0.2, -0.15) is 0 Å². The fourth-order valence-electron chi connectivity index (χ4n) is 2.53. The van der Waals surface area contributed by atoms with Crippen LogP contribution in [-0.2, 0) is 4.79 Å². The number of Topliss-reactive ketones (excluding diaryl/α,β-unsaturated/α-hetero) is 1. The molecule has 1 unspecified atom stereocenters. The van der Waals surface area contributed by atoms with Crippen LogP contribution in [0.4, 0.5) is 0 Å². The van der Waals surface area contributed by atoms with E-state index < -0.39 is 0 Å². The molecule has 2 aliphatic carbocycles. The van der Waals surface area contributed by atoms with E-state index >= 15 is 0 Å². The standard InChI is InChI=1S/C12H17N3O2S/c16-10-3-1-2-8(10)6-7-18-12-14-13-11(17)15(12)9-4-5-9/h8-9H,1-7H2,(H,13,17). The average molecular weight is 267 g/mol. The lowest BCUT2D eigenvalue weighted by atomic mass is 10.1. The predicted octanol–water partition coefficient (Wildman–Crippen LogP) is 1.76. The molecule has 1 aromatic heterocycles. The van der Waals surface area contributed by atoms with E-state index in [1.807, 2.05) is 0 Å². The molecule has 18 heavy (non-hydrogen) atoms. The number of aromatic nitrogens is 3. The van der Waals surface area contributed by atoms with Crippen LogP contribution >= 0.6 is 11.8 Å². The average Bonchev–Trinajstić information content (AvgIpc) is 3.01. The van der Waals surface area contributed by atoms with Crippen molar-refractivity contribution in [2.45, 2.75) is 49.7 Å². The summed E-state index contributed by atoms with van der Waals surface area (Å²) in [6.07, 6.45) is 5.90. The molecular weight excluding hydrogens is 250 g/mol. The summed E-state index contributed by atoms with van der Waals surface area (Å²) in [7, 11) is 0. The van der Waals surface area contributed by atoms with Gasteiger partial charge in [-0.25, -0.2) is 9.89 Å². The summed E-state index contributed by atoms with van der Waals surface area (Å²) in [6, 6.07) is 0.354. The van der Waals surface area contributed by atoms with Gasteiger partial charge in [0.15, 0.2) is 5.16 Å². The normalized spacial score (nSPS) is 23.8. The minimum atomic E-state index is -0.100. The van der Waals surface area contributed by atoms with Crippen LogP contribution in [0.25, 0.3) is 0 Å². The Labute approximate surface area is 109 Å². The van der Waals surface area contributed by atoms with Crippen molar-refractivity contribution in [1.29, 1.82) is 0 Å². The molecule has 2 saturated carbocycles. The Morgan fingerprint density at radius 2 is 2.17 bits per heavy atom. The number of hydrogen-bond donors (Lipinski definition) is 1. The minimum Gasteiger partial charge on any atom is -0.299 e. The highest BCUT2D eigenvalue weighted by Crippen LogP contribution is 2.36. The maximum atomic E-state index is 11.6. The van der Waals surface area contributed by atoms with Crippen LogP contribution in [0.2, 0.25) is 0 Å². The van der Waals surface area contributed by atoms with Crippen molar-refractivity contribution < 1.29 is 4.79 Å². The lowest BCUT2D eigenvalue weighted by molar-refractivity contribution is -0.120. The summed E-state index contributed by atoms with van der Waals surface area (Å²) in [5.41, 5.74) is -0.100. The molecule has 2 fully saturated rings. The Kier molecular flexibility index (Phi) is 3.28. The number of carbonyl (C=O) groups is 1. The minimum absolute atomic E-state index is 0.100. The number of hydrogen-bond acceptors (Lipinski definition) is 4. The Balaban J connectivity index is 1.57. The van der Waals surface area contributed by atoms with Crippen molar-refractivity contribution in [2.75, 3.05) is 5.75 Å². The first-order valence-electron chi connectivity index (χ1n) is 6.58. The van der Waals surface area contributed by atoms with Gasteiger partial charge < -0.3 is 0 Å². The number of carbonyl (C=O) groups excluding carboxylic acids is 1. The number of H-pyrrole nitrogens is 1. The largest absolute Gasteiger partial charge is 0.344 e. The zero-order valence-electron chi connectivity index (χ0n) is 10.2. The summed E-state index contributed by atoms with van der Waals surface area (Å²) in [4.78, 5) is 23.1. The van der Waals surface area contributed by atoms with Gasteiger partial charge in [0.25, 0.3) is 0 Å². The van der Waals surface area contributed by atoms with Crippen molar-refractivity contribution in [3.63, 3.8) is 0 Å². The molecule has 1 atom stereocenters. The molecule has 0 bridgehead atoms. The van der Waals surface area contributed by atoms with Gasteiger partial charge in [-0.1, -0.05) is 11.8 Å². The van der Waals surface area contributed by atoms with E-state index in [2.05, 4.69) is 10.2 Å². The maximum absolute atomic E-state index is 11.6. The number of ketones is 1. The Hall–Kier alpha value is -1.04. The molecule has 3 rings (SSSR count). The quantitative estimate of drug-likeness (QED) is 0.825. The second kappa shape index (κ2) is 4.91. The molecule has 2 aliphatic rings. The number of nitrogens with one attached hydrogen (secondary N) is 1. The van der Waals surface area contributed by atoms with Crippen LogP contribution in [0.5, 0.6) is 0 Å². The van der Waals surface area contributed by atoms with Crippen LogP contribution in [-0.4, -0.2) is 26.3 Å². The number of thioether (sulfide) groups is 1. The molecule has 1 heterocycles. The molecule has 0 spiro atoms. The smallest absolute Gasteiger partial charge is 0.299 e. The van der Waals surface area contributed by atoms with Gasteiger partial charge in [-0.3, -0.25) is 9.36 Å². The first-order valence-corrected chi connectivity index (χ1v) is 7.56. The Bertz CT molecular complexity index is 504. The lowest BCUT2D eigenvalue weighted by Gasteiger charge is -2.07. The monoisotopic (exact) mass is 267 g/mol. The molecule has 0 amide bonds. The third kappa shape index (κ3) is 2.39. The summed E-state index contributed by atoms with van der Waals surface area (Å²) in [5, 5.41) is 7.36. The first-order chi connectivity index (χ1) is 8.75. The second-order valence-corrected chi connectivity index (χ2v) is 6.17. The SMILES string of the molecule is O=C1CCCC1CCSc1n[nH]c(=O)n1C1CC1. The van der Waals surface area contributed by atoms with Crippen molar-refractivity contribution in [3.8, 4) is 0 Å². The van der Waals surface area contributed by atoms with Crippen molar-refractivity contribution >= 4 is 17.5 Å². The summed E-state index contributed by atoms with van der Waals surface area (Å²) < 4.78 is 1.77. The third-order valence-corrected chi connectivity index (χ3v) is 4.70. The molecule has 6 heteroatoms. The van der Waals surface area contributed by atoms with E-state index in [0.717, 1.165) is 49.4 Å². The third-order valence-electron chi connectivity index (χ3n) is 3.71. The van der Waals surface area contributed by atoms with Gasteiger partial charge in [0.1, 0.15) is 5.78 Å². The predicted molar refractivity (Wildman–Crippen MR) is 68.8 cm³/mol. The van der Waals surface area contributed by atoms with E-state index in [0.29, 0.717) is 11.8 Å². The van der Waals surface area contributed by atoms with Gasteiger partial charge in [0.2, 0.25) is 0 Å². The topological polar surface area (TPSA) is 67.8 Å². The molecule has 0 radical (unpaired) electrons. The molecule has 0 aromatic carbocycles. The van der Waals surface area contributed by atoms with Crippen LogP contribution in [0.3, 0.4) is 0 Å². The van der Waals surface area contributed by atoms with Crippen LogP contribution in [0, 0.1) is 5.92 Å². The van der Waals surface area contributed by atoms with E-state index in [9.17, 15) is 9.59 Å². The molecule has 1 N–H and O–H groups in total. The molecule has 0 saturated heterocycles. The molecule has 98 valence electrons. The van der Waals surface area contributed by atoms with Gasteiger partial charge in [-0.15, -0.1) is 5.10 Å². The van der Waals surface area contributed by atoms with E-state index in [-0.39, 0.29) is 11.6 Å². The van der Waals surface area contributed by atoms with Crippen molar-refractivity contribution in [1.82, 2.24) is 14.8 Å². The zero-order valence-corrected chi connectivity index (χ0v) is 11.0. The summed E-state index contributed by atoms with van der Waals surface area (Å²) in [6.45, 7) is 0. The first kappa shape index (κ1) is 12.0. The Morgan fingerprint density at radius 1 is 1.33 bits per heavy atom. The number of rotatable bonds is 5.